The molecule has 1 N–H and O–H groups in total. The fraction of sp³-hybridized carbons (Fsp3) is 0.286. The van der Waals surface area contributed by atoms with Gasteiger partial charge in [-0.05, 0) is 60.4 Å². The van der Waals surface area contributed by atoms with E-state index in [9.17, 15) is 18.0 Å². The lowest BCUT2D eigenvalue weighted by Gasteiger charge is -2.33. The molecule has 3 rings (SSSR count). The molecule has 0 aromatic heterocycles. The maximum absolute atomic E-state index is 13.9. The normalized spacial score (nSPS) is 12.0. The average molecular weight is 542 g/mol. The molecule has 0 bridgehead atoms. The van der Waals surface area contributed by atoms with Gasteiger partial charge in [0.1, 0.15) is 12.6 Å². The summed E-state index contributed by atoms with van der Waals surface area (Å²) in [5.41, 5.74) is 3.89. The Balaban J connectivity index is 2.04. The van der Waals surface area contributed by atoms with Crippen LogP contribution in [-0.4, -0.2) is 51.0 Å². The summed E-state index contributed by atoms with van der Waals surface area (Å²) in [6.07, 6.45) is 1.33. The zero-order valence-corrected chi connectivity index (χ0v) is 23.0. The lowest BCUT2D eigenvalue weighted by atomic mass is 10.0. The lowest BCUT2D eigenvalue weighted by Crippen LogP contribution is -2.52. The summed E-state index contributed by atoms with van der Waals surface area (Å²) in [6, 6.07) is 20.8. The van der Waals surface area contributed by atoms with E-state index in [1.165, 1.54) is 11.9 Å². The van der Waals surface area contributed by atoms with Crippen molar-refractivity contribution in [1.29, 1.82) is 0 Å². The maximum atomic E-state index is 13.9. The fourth-order valence-electron chi connectivity index (χ4n) is 4.05. The number of benzene rings is 3. The largest absolute Gasteiger partial charge is 0.357 e. The highest BCUT2D eigenvalue weighted by Gasteiger charge is 2.32. The van der Waals surface area contributed by atoms with Gasteiger partial charge >= 0.3 is 0 Å². The highest BCUT2D eigenvalue weighted by molar-refractivity contribution is 7.92. The summed E-state index contributed by atoms with van der Waals surface area (Å²) in [5, 5.41) is 3.15. The maximum Gasteiger partial charge on any atom is 0.244 e. The van der Waals surface area contributed by atoms with Crippen molar-refractivity contribution in [3.63, 3.8) is 0 Å². The monoisotopic (exact) mass is 541 g/mol. The molecule has 3 aromatic carbocycles. The van der Waals surface area contributed by atoms with Gasteiger partial charge in [-0.25, -0.2) is 8.42 Å². The van der Waals surface area contributed by atoms with Gasteiger partial charge in [0.05, 0.1) is 11.9 Å². The molecule has 0 spiro atoms. The average Bonchev–Trinajstić information content (AvgIpc) is 2.86. The van der Waals surface area contributed by atoms with Crippen molar-refractivity contribution in [2.24, 2.45) is 0 Å². The van der Waals surface area contributed by atoms with E-state index in [2.05, 4.69) is 5.32 Å². The van der Waals surface area contributed by atoms with Crippen LogP contribution in [0.5, 0.6) is 0 Å². The standard InChI is InChI=1S/C28H32ClN3O4S/c1-20-13-14-25(15-21(20)2)32(37(4,35)36)19-27(33)31(18-23-11-8-12-24(29)16-23)26(28(34)30-3)17-22-9-6-5-7-10-22/h5-16,26H,17-19H2,1-4H3,(H,30,34). The van der Waals surface area contributed by atoms with Crippen molar-refractivity contribution in [3.8, 4) is 0 Å². The van der Waals surface area contributed by atoms with Crippen molar-refractivity contribution in [2.45, 2.75) is 32.9 Å². The molecule has 3 aromatic rings. The number of hydrogen-bond donors (Lipinski definition) is 1. The number of rotatable bonds is 10. The minimum atomic E-state index is -3.80. The molecule has 0 aliphatic rings. The van der Waals surface area contributed by atoms with E-state index in [1.807, 2.05) is 56.3 Å². The van der Waals surface area contributed by atoms with Gasteiger partial charge in [-0.15, -0.1) is 0 Å². The molecule has 196 valence electrons. The Morgan fingerprint density at radius 3 is 2.19 bits per heavy atom. The second-order valence-electron chi connectivity index (χ2n) is 9.01. The number of aryl methyl sites for hydroxylation is 2. The molecule has 0 heterocycles. The number of nitrogens with zero attached hydrogens (tertiary/aromatic N) is 2. The number of likely N-dealkylation sites (N-methyl/N-ethyl adjacent to an activating group) is 1. The minimum Gasteiger partial charge on any atom is -0.357 e. The summed E-state index contributed by atoms with van der Waals surface area (Å²) in [5.74, 6) is -0.857. The van der Waals surface area contributed by atoms with Crippen LogP contribution in [0, 0.1) is 13.8 Å². The van der Waals surface area contributed by atoms with Crippen molar-refractivity contribution < 1.29 is 18.0 Å². The van der Waals surface area contributed by atoms with Crippen molar-refractivity contribution in [2.75, 3.05) is 24.2 Å². The number of carbonyl (C=O) groups is 2. The Labute approximate surface area is 224 Å². The third kappa shape index (κ3) is 7.57. The van der Waals surface area contributed by atoms with Crippen molar-refractivity contribution >= 4 is 39.1 Å². The molecule has 37 heavy (non-hydrogen) atoms. The van der Waals surface area contributed by atoms with Gasteiger partial charge < -0.3 is 10.2 Å². The van der Waals surface area contributed by atoms with Gasteiger partial charge in [-0.1, -0.05) is 60.1 Å². The first-order valence-corrected chi connectivity index (χ1v) is 14.1. The van der Waals surface area contributed by atoms with Gasteiger partial charge in [0.15, 0.2) is 0 Å². The third-order valence-corrected chi connectivity index (χ3v) is 7.59. The number of hydrogen-bond acceptors (Lipinski definition) is 4. The van der Waals surface area contributed by atoms with Crippen LogP contribution in [0.2, 0.25) is 5.02 Å². The van der Waals surface area contributed by atoms with E-state index < -0.39 is 28.5 Å². The highest BCUT2D eigenvalue weighted by atomic mass is 35.5. The minimum absolute atomic E-state index is 0.0782. The molecule has 0 fully saturated rings. The zero-order valence-electron chi connectivity index (χ0n) is 21.4. The SMILES string of the molecule is CNC(=O)C(Cc1ccccc1)N(Cc1cccc(Cl)c1)C(=O)CN(c1ccc(C)c(C)c1)S(C)(=O)=O. The van der Waals surface area contributed by atoms with Crippen LogP contribution in [0.25, 0.3) is 0 Å². The number of carbonyl (C=O) groups excluding carboxylic acids is 2. The van der Waals surface area contributed by atoms with Crippen LogP contribution in [-0.2, 0) is 32.6 Å². The van der Waals surface area contributed by atoms with Crippen molar-refractivity contribution in [1.82, 2.24) is 10.2 Å². The predicted molar refractivity (Wildman–Crippen MR) is 148 cm³/mol. The van der Waals surface area contributed by atoms with Gasteiger partial charge in [0.25, 0.3) is 0 Å². The number of anilines is 1. The third-order valence-electron chi connectivity index (χ3n) is 6.22. The van der Waals surface area contributed by atoms with Gasteiger partial charge in [-0.2, -0.15) is 0 Å². The second-order valence-corrected chi connectivity index (χ2v) is 11.4. The van der Waals surface area contributed by atoms with Crippen LogP contribution < -0.4 is 9.62 Å². The van der Waals surface area contributed by atoms with Crippen LogP contribution in [0.4, 0.5) is 5.69 Å². The van der Waals surface area contributed by atoms with E-state index in [0.717, 1.165) is 32.8 Å². The van der Waals surface area contributed by atoms with Gasteiger partial charge in [0, 0.05) is 25.0 Å². The molecule has 1 unspecified atom stereocenters. The molecule has 9 heteroatoms. The first-order valence-electron chi connectivity index (χ1n) is 11.8. The van der Waals surface area contributed by atoms with E-state index in [0.29, 0.717) is 10.7 Å². The summed E-state index contributed by atoms with van der Waals surface area (Å²) >= 11 is 6.19. The Hall–Kier alpha value is -3.36. The Morgan fingerprint density at radius 2 is 1.59 bits per heavy atom. The molecule has 0 aliphatic heterocycles. The molecule has 0 aliphatic carbocycles. The summed E-state index contributed by atoms with van der Waals surface area (Å²) in [7, 11) is -2.29. The second kappa shape index (κ2) is 12.3. The fourth-order valence-corrected chi connectivity index (χ4v) is 5.10. The van der Waals surface area contributed by atoms with Gasteiger partial charge in [-0.3, -0.25) is 13.9 Å². The highest BCUT2D eigenvalue weighted by Crippen LogP contribution is 2.23. The molecular weight excluding hydrogens is 510 g/mol. The summed E-state index contributed by atoms with van der Waals surface area (Å²) in [4.78, 5) is 28.4. The van der Waals surface area contributed by atoms with Crippen LogP contribution >= 0.6 is 11.6 Å². The van der Waals surface area contributed by atoms with E-state index in [4.69, 9.17) is 11.6 Å². The smallest absolute Gasteiger partial charge is 0.244 e. The molecule has 0 radical (unpaired) electrons. The Kier molecular flexibility index (Phi) is 9.34. The first kappa shape index (κ1) is 28.2. The van der Waals surface area contributed by atoms with E-state index in [-0.39, 0.29) is 18.9 Å². The molecule has 2 amide bonds. The molecule has 0 saturated heterocycles. The summed E-state index contributed by atoms with van der Waals surface area (Å²) < 4.78 is 26.7. The molecule has 1 atom stereocenters. The molecule has 0 saturated carbocycles. The Bertz CT molecular complexity index is 1360. The van der Waals surface area contributed by atoms with Crippen LogP contribution in [0.1, 0.15) is 22.3 Å². The zero-order chi connectivity index (χ0) is 27.2. The number of nitrogens with one attached hydrogen (secondary N) is 1. The number of amides is 2. The first-order chi connectivity index (χ1) is 17.5. The quantitative estimate of drug-likeness (QED) is 0.418. The van der Waals surface area contributed by atoms with Crippen LogP contribution in [0.3, 0.4) is 0 Å². The van der Waals surface area contributed by atoms with Crippen LogP contribution in [0.15, 0.2) is 72.8 Å². The Morgan fingerprint density at radius 1 is 0.919 bits per heavy atom. The van der Waals surface area contributed by atoms with Crippen molar-refractivity contribution in [3.05, 3.63) is 100 Å². The molecular formula is C28H32ClN3O4S. The lowest BCUT2D eigenvalue weighted by molar-refractivity contribution is -0.139. The topological polar surface area (TPSA) is 86.8 Å². The number of halogens is 1. The van der Waals surface area contributed by atoms with Gasteiger partial charge in [0.2, 0.25) is 21.8 Å². The van der Waals surface area contributed by atoms with E-state index in [1.54, 1.807) is 30.3 Å². The summed E-state index contributed by atoms with van der Waals surface area (Å²) in [6.45, 7) is 3.44. The molecule has 7 nitrogen and oxygen atoms in total. The van der Waals surface area contributed by atoms with E-state index >= 15 is 0 Å². The number of sulfonamides is 1. The predicted octanol–water partition coefficient (Wildman–Crippen LogP) is 4.11.